The van der Waals surface area contributed by atoms with E-state index in [0.717, 1.165) is 0 Å². The van der Waals surface area contributed by atoms with Gasteiger partial charge in [0.2, 0.25) is 29.5 Å². The Morgan fingerprint density at radius 3 is 1.92 bits per heavy atom. The average molecular weight is 720 g/mol. The maximum atomic E-state index is 13.4. The molecule has 0 aliphatic carbocycles. The number of hydrogen-bond acceptors (Lipinski definition) is 9. The zero-order valence-electron chi connectivity index (χ0n) is 29.5. The Hall–Kier alpha value is -5.26. The summed E-state index contributed by atoms with van der Waals surface area (Å²) in [5.41, 5.74) is 11.9. The Labute approximate surface area is 297 Å². The normalized spacial score (nSPS) is 13.9. The summed E-state index contributed by atoms with van der Waals surface area (Å²) in [7, 11) is 0. The van der Waals surface area contributed by atoms with Gasteiger partial charge in [0.15, 0.2) is 5.96 Å². The summed E-state index contributed by atoms with van der Waals surface area (Å²) in [6.07, 6.45) is 0.0335. The highest BCUT2D eigenvalue weighted by Gasteiger charge is 2.31. The SMILES string of the molecule is CC(C)C[C@H](NC(=O)[C@@H](N)CCCNC(=N)N)C(=O)N[C@H](C(=O)NCC(=O)N[C@@H](Cc1ccccc1)C(=O)N[C@@H](CCC(=O)O)C(=O)O)C(C)C. The van der Waals surface area contributed by atoms with Crippen molar-refractivity contribution in [3.8, 4) is 0 Å². The fraction of sp³-hybridized carbons (Fsp3) is 0.576. The molecule has 0 saturated carbocycles. The van der Waals surface area contributed by atoms with Crippen LogP contribution >= 0.6 is 0 Å². The largest absolute Gasteiger partial charge is 0.481 e. The molecule has 0 radical (unpaired) electrons. The third-order valence-corrected chi connectivity index (χ3v) is 7.55. The molecule has 1 aromatic carbocycles. The van der Waals surface area contributed by atoms with Crippen molar-refractivity contribution in [3.63, 3.8) is 0 Å². The Morgan fingerprint density at radius 1 is 0.765 bits per heavy atom. The van der Waals surface area contributed by atoms with Crippen LogP contribution in [0.1, 0.15) is 65.4 Å². The molecule has 0 aromatic heterocycles. The lowest BCUT2D eigenvalue weighted by molar-refractivity contribution is -0.143. The molecule has 0 heterocycles. The minimum atomic E-state index is -1.52. The first-order chi connectivity index (χ1) is 23.9. The highest BCUT2D eigenvalue weighted by molar-refractivity contribution is 5.95. The van der Waals surface area contributed by atoms with E-state index in [4.69, 9.17) is 22.0 Å². The molecule has 1 aromatic rings. The molecule has 0 spiro atoms. The molecule has 5 atom stereocenters. The summed E-state index contributed by atoms with van der Waals surface area (Å²) < 4.78 is 0. The van der Waals surface area contributed by atoms with Crippen molar-refractivity contribution in [2.24, 2.45) is 23.3 Å². The first kappa shape index (κ1) is 43.8. The van der Waals surface area contributed by atoms with Crippen LogP contribution in [0.4, 0.5) is 0 Å². The maximum Gasteiger partial charge on any atom is 0.326 e. The fourth-order valence-corrected chi connectivity index (χ4v) is 4.83. The number of nitrogens with two attached hydrogens (primary N) is 2. The standard InChI is InChI=1S/C33H53N9O9/c1-18(2)15-23(41-28(46)21(34)11-8-14-37-33(35)36)30(48)42-27(19(3)4)31(49)38-17-25(43)39-24(16-20-9-6-5-7-10-20)29(47)40-22(32(50)51)12-13-26(44)45/h5-7,9-10,18-19,21-24,27H,8,11-17,34H2,1-4H3,(H,38,49)(H,39,43)(H,40,47)(H,41,46)(H,42,48)(H,44,45)(H,50,51)(H4,35,36,37)/t21-,22-,23-,24-,27-/m0/s1. The van der Waals surface area contributed by atoms with E-state index in [2.05, 4.69) is 31.9 Å². The van der Waals surface area contributed by atoms with E-state index < -0.39 is 90.6 Å². The van der Waals surface area contributed by atoms with Crippen molar-refractivity contribution in [3.05, 3.63) is 35.9 Å². The number of aliphatic carboxylic acids is 2. The predicted molar refractivity (Wildman–Crippen MR) is 187 cm³/mol. The van der Waals surface area contributed by atoms with Gasteiger partial charge in [-0.3, -0.25) is 34.2 Å². The molecule has 51 heavy (non-hydrogen) atoms. The number of nitrogens with one attached hydrogen (secondary N) is 7. The molecular formula is C33H53N9O9. The number of carbonyl (C=O) groups is 7. The Balaban J connectivity index is 2.96. The van der Waals surface area contributed by atoms with Gasteiger partial charge in [-0.25, -0.2) is 4.79 Å². The van der Waals surface area contributed by atoms with Crippen LogP contribution in [0.2, 0.25) is 0 Å². The van der Waals surface area contributed by atoms with Crippen LogP contribution < -0.4 is 43.4 Å². The summed E-state index contributed by atoms with van der Waals surface area (Å²) >= 11 is 0. The van der Waals surface area contributed by atoms with Gasteiger partial charge >= 0.3 is 11.9 Å². The molecule has 5 amide bonds. The van der Waals surface area contributed by atoms with Gasteiger partial charge in [0.1, 0.15) is 24.2 Å². The molecule has 1 rings (SSSR count). The molecule has 284 valence electrons. The van der Waals surface area contributed by atoms with Crippen LogP contribution in [0, 0.1) is 17.2 Å². The summed E-state index contributed by atoms with van der Waals surface area (Å²) in [6.45, 7) is 6.81. The van der Waals surface area contributed by atoms with Crippen molar-refractivity contribution >= 4 is 47.4 Å². The van der Waals surface area contributed by atoms with Gasteiger partial charge in [-0.15, -0.1) is 0 Å². The Morgan fingerprint density at radius 2 is 1.37 bits per heavy atom. The van der Waals surface area contributed by atoms with Gasteiger partial charge < -0.3 is 53.6 Å². The minimum Gasteiger partial charge on any atom is -0.481 e. The van der Waals surface area contributed by atoms with E-state index in [1.165, 1.54) is 0 Å². The van der Waals surface area contributed by atoms with Gasteiger partial charge in [0, 0.05) is 19.4 Å². The lowest BCUT2D eigenvalue weighted by atomic mass is 9.99. The smallest absolute Gasteiger partial charge is 0.326 e. The van der Waals surface area contributed by atoms with E-state index in [0.29, 0.717) is 18.5 Å². The lowest BCUT2D eigenvalue weighted by Crippen LogP contribution is -2.58. The second-order valence-corrected chi connectivity index (χ2v) is 12.9. The van der Waals surface area contributed by atoms with Gasteiger partial charge in [0.05, 0.1) is 12.6 Å². The molecule has 18 heteroatoms. The summed E-state index contributed by atoms with van der Waals surface area (Å²) in [5, 5.41) is 40.7. The molecule has 0 aliphatic heterocycles. The quantitative estimate of drug-likeness (QED) is 0.0351. The van der Waals surface area contributed by atoms with Crippen molar-refractivity contribution in [2.75, 3.05) is 13.1 Å². The third kappa shape index (κ3) is 17.8. The number of hydrogen-bond donors (Lipinski definition) is 11. The van der Waals surface area contributed by atoms with Crippen LogP contribution in [0.15, 0.2) is 30.3 Å². The fourth-order valence-electron chi connectivity index (χ4n) is 4.83. The van der Waals surface area contributed by atoms with E-state index in [-0.39, 0.29) is 37.6 Å². The topological polar surface area (TPSA) is 308 Å². The summed E-state index contributed by atoms with van der Waals surface area (Å²) in [5.74, 6) is -6.91. The molecule has 0 unspecified atom stereocenters. The average Bonchev–Trinajstić information content (AvgIpc) is 3.05. The van der Waals surface area contributed by atoms with E-state index in [1.54, 1.807) is 44.2 Å². The molecule has 0 aliphatic rings. The van der Waals surface area contributed by atoms with Crippen molar-refractivity contribution < 1.29 is 43.8 Å². The summed E-state index contributed by atoms with van der Waals surface area (Å²) in [6, 6.07) is 2.70. The molecule has 13 N–H and O–H groups in total. The first-order valence-electron chi connectivity index (χ1n) is 16.7. The van der Waals surface area contributed by atoms with E-state index in [1.807, 2.05) is 13.8 Å². The van der Waals surface area contributed by atoms with Crippen molar-refractivity contribution in [1.29, 1.82) is 5.41 Å². The number of rotatable bonds is 23. The van der Waals surface area contributed by atoms with Gasteiger partial charge in [-0.2, -0.15) is 0 Å². The molecular weight excluding hydrogens is 666 g/mol. The number of carboxylic acids is 2. The van der Waals surface area contributed by atoms with Gasteiger partial charge in [-0.05, 0) is 43.1 Å². The van der Waals surface area contributed by atoms with Gasteiger partial charge in [-0.1, -0.05) is 58.0 Å². The maximum absolute atomic E-state index is 13.4. The van der Waals surface area contributed by atoms with Crippen LogP contribution in [0.3, 0.4) is 0 Å². The molecule has 0 bridgehead atoms. The van der Waals surface area contributed by atoms with Crippen LogP contribution in [-0.4, -0.2) is 101 Å². The Kier molecular flexibility index (Phi) is 19.3. The predicted octanol–water partition coefficient (Wildman–Crippen LogP) is -1.47. The van der Waals surface area contributed by atoms with Crippen molar-refractivity contribution in [1.82, 2.24) is 31.9 Å². The van der Waals surface area contributed by atoms with Crippen LogP contribution in [-0.2, 0) is 40.0 Å². The molecule has 0 fully saturated rings. The summed E-state index contributed by atoms with van der Waals surface area (Å²) in [4.78, 5) is 88.1. The number of carbonyl (C=O) groups excluding carboxylic acids is 5. The molecule has 18 nitrogen and oxygen atoms in total. The number of amides is 5. The zero-order valence-corrected chi connectivity index (χ0v) is 29.5. The molecule has 0 saturated heterocycles. The highest BCUT2D eigenvalue weighted by Crippen LogP contribution is 2.10. The number of guanidine groups is 1. The number of carboxylic acid groups (broad SMARTS) is 2. The van der Waals surface area contributed by atoms with Crippen molar-refractivity contribution in [2.45, 2.75) is 96.4 Å². The first-order valence-corrected chi connectivity index (χ1v) is 16.7. The van der Waals surface area contributed by atoms with E-state index >= 15 is 0 Å². The monoisotopic (exact) mass is 719 g/mol. The number of benzene rings is 1. The Bertz CT molecular complexity index is 1360. The second-order valence-electron chi connectivity index (χ2n) is 12.9. The van der Waals surface area contributed by atoms with E-state index in [9.17, 15) is 38.7 Å². The van der Waals surface area contributed by atoms with Crippen LogP contribution in [0.5, 0.6) is 0 Å². The van der Waals surface area contributed by atoms with Gasteiger partial charge in [0.25, 0.3) is 0 Å². The minimum absolute atomic E-state index is 0.0176. The zero-order chi connectivity index (χ0) is 38.7. The highest BCUT2D eigenvalue weighted by atomic mass is 16.4. The third-order valence-electron chi connectivity index (χ3n) is 7.55. The lowest BCUT2D eigenvalue weighted by Gasteiger charge is -2.27. The second kappa shape index (κ2) is 22.5. The van der Waals surface area contributed by atoms with Crippen LogP contribution in [0.25, 0.3) is 0 Å².